The molecule has 0 fully saturated rings. The molecule has 14 heavy (non-hydrogen) atoms. The van der Waals surface area contributed by atoms with E-state index in [1.807, 2.05) is 0 Å². The van der Waals surface area contributed by atoms with Crippen molar-refractivity contribution in [3.05, 3.63) is 36.6 Å². The van der Waals surface area contributed by atoms with Crippen LogP contribution in [0.3, 0.4) is 0 Å². The van der Waals surface area contributed by atoms with E-state index in [1.165, 1.54) is 0 Å². The Morgan fingerprint density at radius 1 is 1.64 bits per heavy atom. The standard InChI is InChI=1S/C8H9NO.C2H7NO/c1-4-5-8(7(2)3)10-6-9;1-4-2-3/h4-5H,1-2H2,3H3;2-3H2,1H3/b8-5+;. The molecule has 4 nitrogen and oxygen atoms in total. The maximum absolute atomic E-state index is 8.12. The fourth-order valence-electron chi connectivity index (χ4n) is 0.420. The largest absolute Gasteiger partial charge is 0.388 e. The van der Waals surface area contributed by atoms with Crippen LogP contribution in [0.25, 0.3) is 0 Å². The zero-order valence-electron chi connectivity index (χ0n) is 8.62. The molecule has 0 spiro atoms. The van der Waals surface area contributed by atoms with Gasteiger partial charge in [0, 0.05) is 7.11 Å². The Kier molecular flexibility index (Phi) is 12.2. The van der Waals surface area contributed by atoms with Gasteiger partial charge in [0.2, 0.25) is 0 Å². The molecule has 2 N–H and O–H groups in total. The van der Waals surface area contributed by atoms with Crippen molar-refractivity contribution in [2.45, 2.75) is 6.92 Å². The number of ether oxygens (including phenoxy) is 2. The Bertz CT molecular complexity index is 237. The van der Waals surface area contributed by atoms with Crippen molar-refractivity contribution >= 4 is 0 Å². The molecule has 0 atom stereocenters. The van der Waals surface area contributed by atoms with Crippen molar-refractivity contribution in [1.82, 2.24) is 0 Å². The van der Waals surface area contributed by atoms with Gasteiger partial charge < -0.3 is 15.2 Å². The maximum atomic E-state index is 8.12. The summed E-state index contributed by atoms with van der Waals surface area (Å²) in [5.41, 5.74) is 5.52. The van der Waals surface area contributed by atoms with E-state index in [9.17, 15) is 0 Å². The summed E-state index contributed by atoms with van der Waals surface area (Å²) >= 11 is 0. The molecule has 0 aliphatic rings. The number of nitrogens with zero attached hydrogens (tertiary/aromatic N) is 1. The highest BCUT2D eigenvalue weighted by Gasteiger charge is 1.94. The summed E-state index contributed by atoms with van der Waals surface area (Å²) in [6, 6.07) is 0. The van der Waals surface area contributed by atoms with Crippen LogP contribution >= 0.6 is 0 Å². The number of hydrogen-bond acceptors (Lipinski definition) is 4. The van der Waals surface area contributed by atoms with Crippen LogP contribution in [-0.4, -0.2) is 13.8 Å². The minimum absolute atomic E-state index is 0.319. The zero-order chi connectivity index (χ0) is 11.4. The van der Waals surface area contributed by atoms with Crippen molar-refractivity contribution in [3.8, 4) is 6.26 Å². The molecule has 0 aliphatic heterocycles. The molecule has 0 saturated heterocycles. The van der Waals surface area contributed by atoms with Gasteiger partial charge in [0.05, 0.1) is 6.73 Å². The molecule has 0 unspecified atom stereocenters. The lowest BCUT2D eigenvalue weighted by molar-refractivity contribution is 0.207. The van der Waals surface area contributed by atoms with Gasteiger partial charge in [0.15, 0.2) is 0 Å². The second kappa shape index (κ2) is 11.4. The average Bonchev–Trinajstić information content (AvgIpc) is 2.18. The molecule has 0 rings (SSSR count). The summed E-state index contributed by atoms with van der Waals surface area (Å²) in [6.45, 7) is 9.13. The van der Waals surface area contributed by atoms with Gasteiger partial charge in [-0.2, -0.15) is 0 Å². The van der Waals surface area contributed by atoms with Crippen LogP contribution in [0.2, 0.25) is 0 Å². The summed E-state index contributed by atoms with van der Waals surface area (Å²) in [5, 5.41) is 8.12. The molecule has 4 heteroatoms. The number of rotatable bonds is 4. The van der Waals surface area contributed by atoms with E-state index in [0.29, 0.717) is 18.1 Å². The van der Waals surface area contributed by atoms with E-state index in [0.717, 1.165) is 0 Å². The molecule has 0 heterocycles. The first-order chi connectivity index (χ1) is 6.63. The number of allylic oxidation sites excluding steroid dienone is 3. The summed E-state index contributed by atoms with van der Waals surface area (Å²) in [7, 11) is 1.56. The Morgan fingerprint density at radius 3 is 2.36 bits per heavy atom. The number of nitriles is 1. The molecular weight excluding hydrogens is 180 g/mol. The molecule has 0 aromatic carbocycles. The Balaban J connectivity index is 0. The first-order valence-electron chi connectivity index (χ1n) is 3.87. The van der Waals surface area contributed by atoms with E-state index in [4.69, 9.17) is 11.0 Å². The number of nitrogens with two attached hydrogens (primary N) is 1. The minimum atomic E-state index is 0.319. The molecule has 0 saturated carbocycles. The lowest BCUT2D eigenvalue weighted by Gasteiger charge is -1.97. The molecule has 0 aromatic heterocycles. The van der Waals surface area contributed by atoms with Crippen LogP contribution in [-0.2, 0) is 9.47 Å². The Labute approximate surface area is 84.9 Å². The van der Waals surface area contributed by atoms with Crippen LogP contribution in [0.1, 0.15) is 6.92 Å². The van der Waals surface area contributed by atoms with Gasteiger partial charge in [0.1, 0.15) is 5.76 Å². The number of methoxy groups -OCH3 is 1. The second-order valence-corrected chi connectivity index (χ2v) is 2.20. The van der Waals surface area contributed by atoms with Gasteiger partial charge in [-0.1, -0.05) is 19.2 Å². The van der Waals surface area contributed by atoms with Crippen molar-refractivity contribution in [2.75, 3.05) is 13.8 Å². The predicted octanol–water partition coefficient (Wildman–Crippen LogP) is 1.68. The highest BCUT2D eigenvalue weighted by atomic mass is 16.5. The highest BCUT2D eigenvalue weighted by molar-refractivity contribution is 5.24. The Morgan fingerprint density at radius 2 is 2.14 bits per heavy atom. The molecule has 0 aliphatic carbocycles. The fourth-order valence-corrected chi connectivity index (χ4v) is 0.420. The van der Waals surface area contributed by atoms with Crippen molar-refractivity contribution in [3.63, 3.8) is 0 Å². The molecule has 0 bridgehead atoms. The van der Waals surface area contributed by atoms with Gasteiger partial charge in [-0.3, -0.25) is 0 Å². The lowest BCUT2D eigenvalue weighted by atomic mass is 10.3. The summed E-state index contributed by atoms with van der Waals surface area (Å²) in [6.07, 6.45) is 4.69. The minimum Gasteiger partial charge on any atom is -0.388 e. The van der Waals surface area contributed by atoms with Crippen LogP contribution < -0.4 is 5.73 Å². The monoisotopic (exact) mass is 196 g/mol. The number of hydrogen-bond donors (Lipinski definition) is 1. The van der Waals surface area contributed by atoms with Crippen LogP contribution in [0.5, 0.6) is 0 Å². The predicted molar refractivity (Wildman–Crippen MR) is 55.9 cm³/mol. The lowest BCUT2D eigenvalue weighted by Crippen LogP contribution is -1.98. The van der Waals surface area contributed by atoms with Gasteiger partial charge in [-0.15, -0.1) is 5.26 Å². The Hall–Kier alpha value is -1.57. The van der Waals surface area contributed by atoms with Crippen molar-refractivity contribution < 1.29 is 9.47 Å². The van der Waals surface area contributed by atoms with E-state index < -0.39 is 0 Å². The van der Waals surface area contributed by atoms with E-state index in [2.05, 4.69) is 22.6 Å². The quantitative estimate of drug-likeness (QED) is 0.321. The molecule has 78 valence electrons. The van der Waals surface area contributed by atoms with E-state index in [1.54, 1.807) is 32.4 Å². The SMILES string of the molecule is C=C/C=C(/OC#N)C(=C)C.COCN. The van der Waals surface area contributed by atoms with Crippen molar-refractivity contribution in [2.24, 2.45) is 5.73 Å². The molecule has 0 aromatic rings. The third-order valence-electron chi connectivity index (χ3n) is 1.01. The fraction of sp³-hybridized carbons (Fsp3) is 0.300. The van der Waals surface area contributed by atoms with E-state index >= 15 is 0 Å². The molecule has 0 amide bonds. The first kappa shape index (κ1) is 14.9. The van der Waals surface area contributed by atoms with Crippen LogP contribution in [0.4, 0.5) is 0 Å². The van der Waals surface area contributed by atoms with Gasteiger partial charge in [-0.25, -0.2) is 0 Å². The van der Waals surface area contributed by atoms with E-state index in [-0.39, 0.29) is 0 Å². The summed E-state index contributed by atoms with van der Waals surface area (Å²) < 4.78 is 8.86. The maximum Gasteiger partial charge on any atom is 0.292 e. The van der Waals surface area contributed by atoms with Crippen LogP contribution in [0.15, 0.2) is 36.6 Å². The van der Waals surface area contributed by atoms with Gasteiger partial charge in [-0.05, 0) is 18.6 Å². The molecular formula is C10H16N2O2. The smallest absolute Gasteiger partial charge is 0.292 e. The van der Waals surface area contributed by atoms with Gasteiger partial charge >= 0.3 is 0 Å². The average molecular weight is 196 g/mol. The third kappa shape index (κ3) is 10.4. The third-order valence-corrected chi connectivity index (χ3v) is 1.01. The normalized spacial score (nSPS) is 9.14. The topological polar surface area (TPSA) is 68.3 Å². The first-order valence-corrected chi connectivity index (χ1v) is 3.87. The zero-order valence-corrected chi connectivity index (χ0v) is 8.62. The van der Waals surface area contributed by atoms with Crippen molar-refractivity contribution in [1.29, 1.82) is 5.26 Å². The second-order valence-electron chi connectivity index (χ2n) is 2.20. The summed E-state index contributed by atoms with van der Waals surface area (Å²) in [4.78, 5) is 0. The summed E-state index contributed by atoms with van der Waals surface area (Å²) in [5.74, 6) is 0.456. The molecule has 0 radical (unpaired) electrons. The highest BCUT2D eigenvalue weighted by Crippen LogP contribution is 2.06. The van der Waals surface area contributed by atoms with Gasteiger partial charge in [0.25, 0.3) is 6.26 Å². The van der Waals surface area contributed by atoms with Crippen LogP contribution in [0, 0.1) is 11.5 Å².